The molecule has 0 aliphatic heterocycles. The molecule has 22 heavy (non-hydrogen) atoms. The second-order valence-electron chi connectivity index (χ2n) is 5.85. The fraction of sp³-hybridized carbons (Fsp3) is 0.562. The van der Waals surface area contributed by atoms with Crippen molar-refractivity contribution in [2.45, 2.75) is 49.9 Å². The highest BCUT2D eigenvalue weighted by atomic mass is 32.2. The van der Waals surface area contributed by atoms with E-state index in [2.05, 4.69) is 30.5 Å². The first kappa shape index (κ1) is 17.4. The van der Waals surface area contributed by atoms with Gasteiger partial charge in [0, 0.05) is 11.6 Å². The molecule has 122 valence electrons. The van der Waals surface area contributed by atoms with Crippen molar-refractivity contribution >= 4 is 33.5 Å². The Morgan fingerprint density at radius 3 is 2.68 bits per heavy atom. The first-order valence-corrected chi connectivity index (χ1v) is 9.09. The van der Waals surface area contributed by atoms with E-state index in [9.17, 15) is 0 Å². The molecule has 0 aliphatic carbocycles. The molecule has 0 amide bonds. The van der Waals surface area contributed by atoms with Gasteiger partial charge in [-0.15, -0.1) is 11.3 Å². The molecule has 0 fully saturated rings. The number of ether oxygens (including phenoxy) is 2. The van der Waals surface area contributed by atoms with Gasteiger partial charge >= 0.3 is 0 Å². The molecule has 1 N–H and O–H groups in total. The van der Waals surface area contributed by atoms with E-state index in [0.29, 0.717) is 0 Å². The molecule has 2 aromatic rings. The van der Waals surface area contributed by atoms with Gasteiger partial charge < -0.3 is 9.47 Å². The number of hydrogen-bond acceptors (Lipinski definition) is 6. The van der Waals surface area contributed by atoms with E-state index in [1.165, 1.54) is 12.8 Å². The smallest absolute Gasteiger partial charge is 0.166 e. The van der Waals surface area contributed by atoms with Crippen LogP contribution in [0.25, 0.3) is 10.2 Å². The Kier molecular flexibility index (Phi) is 5.94. The summed E-state index contributed by atoms with van der Waals surface area (Å²) in [6, 6.07) is 3.87. The van der Waals surface area contributed by atoms with Crippen LogP contribution in [-0.4, -0.2) is 24.7 Å². The first-order valence-electron chi connectivity index (χ1n) is 7.45. The molecule has 1 heterocycles. The second-order valence-corrected chi connectivity index (χ2v) is 7.93. The third kappa shape index (κ3) is 4.27. The van der Waals surface area contributed by atoms with Crippen LogP contribution in [0.5, 0.6) is 11.5 Å². The van der Waals surface area contributed by atoms with E-state index >= 15 is 0 Å². The van der Waals surface area contributed by atoms with Crippen molar-refractivity contribution in [2.75, 3.05) is 14.2 Å². The third-order valence-corrected chi connectivity index (χ3v) is 5.66. The lowest BCUT2D eigenvalue weighted by molar-refractivity contribution is 0.397. The minimum absolute atomic E-state index is 0.0975. The summed E-state index contributed by atoms with van der Waals surface area (Å²) in [5.74, 6) is 1.54. The van der Waals surface area contributed by atoms with Gasteiger partial charge in [0.25, 0.3) is 0 Å². The molecule has 0 unspecified atom stereocenters. The largest absolute Gasteiger partial charge is 0.497 e. The number of thiazole rings is 1. The van der Waals surface area contributed by atoms with E-state index in [1.807, 2.05) is 12.1 Å². The van der Waals surface area contributed by atoms with E-state index in [-0.39, 0.29) is 5.54 Å². The molecule has 1 aromatic carbocycles. The van der Waals surface area contributed by atoms with Gasteiger partial charge in [0.05, 0.1) is 18.9 Å². The van der Waals surface area contributed by atoms with Crippen molar-refractivity contribution in [1.29, 1.82) is 0 Å². The highest BCUT2D eigenvalue weighted by Gasteiger charge is 2.18. The molecule has 6 heteroatoms. The van der Waals surface area contributed by atoms with E-state index in [1.54, 1.807) is 37.5 Å². The second kappa shape index (κ2) is 7.53. The SMILES string of the molecule is CCCCC(C)(C)NSc1nc2c(OC)cc(OC)cc2s1. The number of aromatic nitrogens is 1. The number of nitrogens with zero attached hydrogens (tertiary/aromatic N) is 1. The number of fused-ring (bicyclic) bond motifs is 1. The Morgan fingerprint density at radius 1 is 1.27 bits per heavy atom. The van der Waals surface area contributed by atoms with E-state index in [4.69, 9.17) is 9.47 Å². The number of benzene rings is 1. The lowest BCUT2D eigenvalue weighted by Gasteiger charge is -2.24. The van der Waals surface area contributed by atoms with Crippen LogP contribution >= 0.6 is 23.3 Å². The summed E-state index contributed by atoms with van der Waals surface area (Å²) in [7, 11) is 3.32. The van der Waals surface area contributed by atoms with Gasteiger partial charge in [0.2, 0.25) is 0 Å². The zero-order valence-corrected chi connectivity index (χ0v) is 15.5. The summed E-state index contributed by atoms with van der Waals surface area (Å²) < 4.78 is 16.3. The molecular weight excluding hydrogens is 316 g/mol. The monoisotopic (exact) mass is 340 g/mol. The Balaban J connectivity index is 2.16. The molecule has 0 saturated heterocycles. The van der Waals surface area contributed by atoms with Gasteiger partial charge in [-0.2, -0.15) is 0 Å². The van der Waals surface area contributed by atoms with Gasteiger partial charge in [-0.3, -0.25) is 4.72 Å². The summed E-state index contributed by atoms with van der Waals surface area (Å²) >= 11 is 3.25. The number of unbranched alkanes of at least 4 members (excludes halogenated alkanes) is 1. The summed E-state index contributed by atoms with van der Waals surface area (Å²) in [5.41, 5.74) is 0.990. The topological polar surface area (TPSA) is 43.4 Å². The minimum atomic E-state index is 0.0975. The lowest BCUT2D eigenvalue weighted by atomic mass is 9.99. The van der Waals surface area contributed by atoms with Crippen LogP contribution in [0.15, 0.2) is 16.5 Å². The Bertz CT molecular complexity index is 626. The lowest BCUT2D eigenvalue weighted by Crippen LogP contribution is -2.33. The Labute approximate surface area is 140 Å². The average molecular weight is 341 g/mol. The summed E-state index contributed by atoms with van der Waals surface area (Å²) in [4.78, 5) is 4.68. The average Bonchev–Trinajstić information content (AvgIpc) is 2.93. The van der Waals surface area contributed by atoms with Crippen molar-refractivity contribution in [2.24, 2.45) is 0 Å². The van der Waals surface area contributed by atoms with Crippen molar-refractivity contribution in [3.63, 3.8) is 0 Å². The maximum absolute atomic E-state index is 5.42. The fourth-order valence-electron chi connectivity index (χ4n) is 2.12. The van der Waals surface area contributed by atoms with Crippen molar-refractivity contribution in [3.05, 3.63) is 12.1 Å². The number of methoxy groups -OCH3 is 2. The molecule has 2 rings (SSSR count). The molecule has 0 spiro atoms. The van der Waals surface area contributed by atoms with Crippen LogP contribution in [0.2, 0.25) is 0 Å². The highest BCUT2D eigenvalue weighted by Crippen LogP contribution is 2.37. The molecule has 0 aliphatic rings. The zero-order chi connectivity index (χ0) is 16.2. The van der Waals surface area contributed by atoms with Gasteiger partial charge in [0.1, 0.15) is 17.0 Å². The number of rotatable bonds is 8. The van der Waals surface area contributed by atoms with Crippen LogP contribution in [0.1, 0.15) is 40.0 Å². The van der Waals surface area contributed by atoms with Gasteiger partial charge in [-0.25, -0.2) is 4.98 Å². The normalized spacial score (nSPS) is 11.9. The van der Waals surface area contributed by atoms with Crippen molar-refractivity contribution < 1.29 is 9.47 Å². The molecule has 0 radical (unpaired) electrons. The molecule has 0 saturated carbocycles. The summed E-state index contributed by atoms with van der Waals surface area (Å²) in [6.07, 6.45) is 3.60. The van der Waals surface area contributed by atoms with Crippen LogP contribution in [0.4, 0.5) is 0 Å². The highest BCUT2D eigenvalue weighted by molar-refractivity contribution is 7.99. The standard InChI is InChI=1S/C16H24N2O2S2/c1-6-7-8-16(2,3)18-22-15-17-14-12(20-5)9-11(19-4)10-13(14)21-15/h9-10,18H,6-8H2,1-5H3. The zero-order valence-electron chi connectivity index (χ0n) is 13.9. The van der Waals surface area contributed by atoms with E-state index in [0.717, 1.165) is 32.5 Å². The van der Waals surface area contributed by atoms with Crippen molar-refractivity contribution in [1.82, 2.24) is 9.71 Å². The predicted octanol–water partition coefficient (Wildman–Crippen LogP) is 4.88. The molecule has 0 atom stereocenters. The molecular formula is C16H24N2O2S2. The summed E-state index contributed by atoms with van der Waals surface area (Å²) in [6.45, 7) is 6.68. The van der Waals surface area contributed by atoms with Crippen LogP contribution in [0.3, 0.4) is 0 Å². The quantitative estimate of drug-likeness (QED) is 0.694. The van der Waals surface area contributed by atoms with Crippen LogP contribution < -0.4 is 14.2 Å². The summed E-state index contributed by atoms with van der Waals surface area (Å²) in [5, 5.41) is 0. The first-order chi connectivity index (χ1) is 10.5. The Hall–Kier alpha value is -0.980. The maximum atomic E-state index is 5.42. The van der Waals surface area contributed by atoms with E-state index < -0.39 is 0 Å². The van der Waals surface area contributed by atoms with Crippen LogP contribution in [0, 0.1) is 0 Å². The fourth-order valence-corrected chi connectivity index (χ4v) is 4.03. The van der Waals surface area contributed by atoms with Crippen LogP contribution in [-0.2, 0) is 0 Å². The van der Waals surface area contributed by atoms with Crippen molar-refractivity contribution in [3.8, 4) is 11.5 Å². The van der Waals surface area contributed by atoms with Gasteiger partial charge in [-0.05, 0) is 38.3 Å². The number of nitrogens with one attached hydrogen (secondary N) is 1. The predicted molar refractivity (Wildman–Crippen MR) is 95.3 cm³/mol. The minimum Gasteiger partial charge on any atom is -0.497 e. The van der Waals surface area contributed by atoms with Gasteiger partial charge in [0.15, 0.2) is 4.34 Å². The maximum Gasteiger partial charge on any atom is 0.166 e. The Morgan fingerprint density at radius 2 is 2.05 bits per heavy atom. The molecule has 1 aromatic heterocycles. The molecule has 0 bridgehead atoms. The number of hydrogen-bond donors (Lipinski definition) is 1. The molecule has 4 nitrogen and oxygen atoms in total. The van der Waals surface area contributed by atoms with Gasteiger partial charge in [-0.1, -0.05) is 19.8 Å². The third-order valence-electron chi connectivity index (χ3n) is 3.44.